The quantitative estimate of drug-likeness (QED) is 0.297. The summed E-state index contributed by atoms with van der Waals surface area (Å²) in [4.78, 5) is 18.8. The first-order chi connectivity index (χ1) is 14.0. The molecule has 0 unspecified atom stereocenters. The molecule has 0 spiro atoms. The van der Waals surface area contributed by atoms with Crippen LogP contribution in [0, 0.1) is 0 Å². The molecule has 0 aromatic heterocycles. The maximum atomic E-state index is 12.6. The predicted molar refractivity (Wildman–Crippen MR) is 116 cm³/mol. The Labute approximate surface area is 175 Å². The van der Waals surface area contributed by atoms with Crippen LogP contribution in [0.15, 0.2) is 29.3 Å². The van der Waals surface area contributed by atoms with Gasteiger partial charge in [-0.1, -0.05) is 6.07 Å². The van der Waals surface area contributed by atoms with Crippen molar-refractivity contribution in [1.82, 2.24) is 5.32 Å². The highest BCUT2D eigenvalue weighted by Gasteiger charge is 2.13. The summed E-state index contributed by atoms with van der Waals surface area (Å²) in [6, 6.07) is 7.27. The van der Waals surface area contributed by atoms with Crippen LogP contribution in [0.25, 0.3) is 0 Å². The molecule has 7 nitrogen and oxygen atoms in total. The number of carbonyl (C=O) groups excluding carboxylic acids is 1. The van der Waals surface area contributed by atoms with E-state index < -0.39 is 0 Å². The lowest BCUT2D eigenvalue weighted by atomic mass is 10.2. The zero-order chi connectivity index (χ0) is 21.5. The van der Waals surface area contributed by atoms with Crippen LogP contribution in [-0.2, 0) is 9.47 Å². The normalized spacial score (nSPS) is 12.7. The average Bonchev–Trinajstić information content (AvgIpc) is 2.74. The summed E-state index contributed by atoms with van der Waals surface area (Å²) >= 11 is 0. The molecule has 0 saturated heterocycles. The van der Waals surface area contributed by atoms with E-state index >= 15 is 0 Å². The van der Waals surface area contributed by atoms with Gasteiger partial charge in [-0.25, -0.2) is 4.99 Å². The van der Waals surface area contributed by atoms with E-state index in [1.165, 1.54) is 0 Å². The zero-order valence-electron chi connectivity index (χ0n) is 18.6. The number of ether oxygens (including phenoxy) is 3. The summed E-state index contributed by atoms with van der Waals surface area (Å²) < 4.78 is 16.2. The van der Waals surface area contributed by atoms with Gasteiger partial charge in [-0.05, 0) is 58.7 Å². The molecule has 1 amide bonds. The number of hydrogen-bond acceptors (Lipinski definition) is 5. The Kier molecular flexibility index (Phi) is 12.7. The molecule has 0 aliphatic rings. The molecule has 1 atom stereocenters. The molecule has 0 saturated carbocycles. The van der Waals surface area contributed by atoms with Crippen LogP contribution in [0.1, 0.15) is 50.9 Å². The van der Waals surface area contributed by atoms with E-state index in [-0.39, 0.29) is 18.0 Å². The van der Waals surface area contributed by atoms with Crippen molar-refractivity contribution in [2.24, 2.45) is 4.99 Å². The van der Waals surface area contributed by atoms with Gasteiger partial charge in [0.15, 0.2) is 0 Å². The fourth-order valence-corrected chi connectivity index (χ4v) is 2.90. The Balaban J connectivity index is 2.72. The van der Waals surface area contributed by atoms with E-state index in [1.807, 2.05) is 13.8 Å². The third kappa shape index (κ3) is 10.3. The van der Waals surface area contributed by atoms with Crippen molar-refractivity contribution in [2.75, 3.05) is 46.6 Å². The van der Waals surface area contributed by atoms with E-state index in [0.717, 1.165) is 32.5 Å². The zero-order valence-corrected chi connectivity index (χ0v) is 18.6. The second-order valence-electron chi connectivity index (χ2n) is 6.86. The van der Waals surface area contributed by atoms with Crippen molar-refractivity contribution in [3.05, 3.63) is 29.8 Å². The minimum Gasteiger partial charge on any atom is -0.497 e. The van der Waals surface area contributed by atoms with Crippen LogP contribution in [0.5, 0.6) is 5.75 Å². The summed E-state index contributed by atoms with van der Waals surface area (Å²) in [5, 5.41) is 2.79. The maximum absolute atomic E-state index is 12.6. The lowest BCUT2D eigenvalue weighted by Crippen LogP contribution is -3.11. The SMILES string of the molecule is CCOCCOC(=N[C@@H](C)CCC[NH+](CC)CC)NC(=O)c1cccc(OC)c1. The van der Waals surface area contributed by atoms with E-state index in [0.29, 0.717) is 31.1 Å². The summed E-state index contributed by atoms with van der Waals surface area (Å²) in [7, 11) is 1.57. The Morgan fingerprint density at radius 3 is 2.62 bits per heavy atom. The first-order valence-corrected chi connectivity index (χ1v) is 10.6. The van der Waals surface area contributed by atoms with Gasteiger partial charge in [0.05, 0.1) is 39.4 Å². The van der Waals surface area contributed by atoms with Crippen molar-refractivity contribution >= 4 is 11.9 Å². The third-order valence-corrected chi connectivity index (χ3v) is 4.71. The van der Waals surface area contributed by atoms with Crippen molar-refractivity contribution in [1.29, 1.82) is 0 Å². The Bertz CT molecular complexity index is 618. The van der Waals surface area contributed by atoms with Gasteiger partial charge in [0, 0.05) is 12.2 Å². The number of nitrogens with zero attached hydrogens (tertiary/aromatic N) is 1. The summed E-state index contributed by atoms with van der Waals surface area (Å²) in [5.74, 6) is 0.347. The highest BCUT2D eigenvalue weighted by atomic mass is 16.5. The molecular formula is C22H38N3O4+. The number of aliphatic imine (C=N–C) groups is 1. The Morgan fingerprint density at radius 2 is 1.97 bits per heavy atom. The van der Waals surface area contributed by atoms with Gasteiger partial charge in [0.2, 0.25) is 0 Å². The lowest BCUT2D eigenvalue weighted by molar-refractivity contribution is -0.896. The van der Waals surface area contributed by atoms with E-state index in [1.54, 1.807) is 36.3 Å². The molecule has 0 aliphatic carbocycles. The molecule has 0 aliphatic heterocycles. The minimum atomic E-state index is -0.279. The number of hydrogen-bond donors (Lipinski definition) is 2. The molecule has 29 heavy (non-hydrogen) atoms. The number of rotatable bonds is 13. The molecule has 1 aromatic carbocycles. The van der Waals surface area contributed by atoms with Gasteiger partial charge < -0.3 is 19.1 Å². The van der Waals surface area contributed by atoms with E-state index in [4.69, 9.17) is 14.2 Å². The summed E-state index contributed by atoms with van der Waals surface area (Å²) in [5.41, 5.74) is 0.489. The standard InChI is InChI=1S/C22H37N3O4/c1-6-25(7-2)14-10-11-18(4)23-22(29-16-15-28-8-3)24-21(26)19-12-9-13-20(17-19)27-5/h9,12-13,17-18H,6-8,10-11,14-16H2,1-5H3,(H,23,24,26)/p+1/t18-/m0/s1. The molecule has 1 aromatic rings. The van der Waals surface area contributed by atoms with Crippen LogP contribution < -0.4 is 15.0 Å². The molecule has 2 N–H and O–H groups in total. The second kappa shape index (κ2) is 14.8. The molecule has 0 radical (unpaired) electrons. The highest BCUT2D eigenvalue weighted by molar-refractivity contribution is 6.04. The molecule has 1 rings (SSSR count). The number of nitrogens with one attached hydrogen (secondary N) is 2. The van der Waals surface area contributed by atoms with Gasteiger partial charge in [0.25, 0.3) is 11.9 Å². The number of amides is 1. The average molecular weight is 409 g/mol. The van der Waals surface area contributed by atoms with Gasteiger partial charge in [-0.15, -0.1) is 0 Å². The number of amidine groups is 1. The molecule has 0 heterocycles. The third-order valence-electron chi connectivity index (χ3n) is 4.71. The lowest BCUT2D eigenvalue weighted by Gasteiger charge is -2.17. The molecule has 164 valence electrons. The summed E-state index contributed by atoms with van der Waals surface area (Å²) in [6.07, 6.45) is 2.02. The number of methoxy groups -OCH3 is 1. The fourth-order valence-electron chi connectivity index (χ4n) is 2.90. The molecule has 0 bridgehead atoms. The number of benzene rings is 1. The van der Waals surface area contributed by atoms with E-state index in [2.05, 4.69) is 24.2 Å². The Morgan fingerprint density at radius 1 is 1.21 bits per heavy atom. The van der Waals surface area contributed by atoms with Crippen molar-refractivity contribution in [3.8, 4) is 5.75 Å². The Hall–Kier alpha value is -2.12. The van der Waals surface area contributed by atoms with E-state index in [9.17, 15) is 4.79 Å². The van der Waals surface area contributed by atoms with Crippen LogP contribution >= 0.6 is 0 Å². The first kappa shape index (κ1) is 24.9. The largest absolute Gasteiger partial charge is 0.497 e. The first-order valence-electron chi connectivity index (χ1n) is 10.6. The van der Waals surface area contributed by atoms with Gasteiger partial charge in [-0.3, -0.25) is 10.1 Å². The fraction of sp³-hybridized carbons (Fsp3) is 0.636. The molecular weight excluding hydrogens is 370 g/mol. The smallest absolute Gasteiger partial charge is 0.292 e. The molecule has 0 fully saturated rings. The van der Waals surface area contributed by atoms with Crippen molar-refractivity contribution in [3.63, 3.8) is 0 Å². The highest BCUT2D eigenvalue weighted by Crippen LogP contribution is 2.12. The van der Waals surface area contributed by atoms with Crippen LogP contribution in [0.4, 0.5) is 0 Å². The monoisotopic (exact) mass is 408 g/mol. The van der Waals surface area contributed by atoms with Gasteiger partial charge in [0.1, 0.15) is 12.4 Å². The van der Waals surface area contributed by atoms with Gasteiger partial charge in [-0.2, -0.15) is 0 Å². The van der Waals surface area contributed by atoms with Crippen molar-refractivity contribution < 1.29 is 23.9 Å². The van der Waals surface area contributed by atoms with Gasteiger partial charge >= 0.3 is 0 Å². The number of carbonyl (C=O) groups is 1. The minimum absolute atomic E-state index is 0.0534. The number of quaternary nitrogens is 1. The van der Waals surface area contributed by atoms with Crippen LogP contribution in [-0.4, -0.2) is 64.5 Å². The topological polar surface area (TPSA) is 73.6 Å². The predicted octanol–water partition coefficient (Wildman–Crippen LogP) is 1.93. The van der Waals surface area contributed by atoms with Crippen LogP contribution in [0.2, 0.25) is 0 Å². The van der Waals surface area contributed by atoms with Crippen molar-refractivity contribution in [2.45, 2.75) is 46.6 Å². The molecule has 7 heteroatoms. The maximum Gasteiger partial charge on any atom is 0.292 e. The second-order valence-corrected chi connectivity index (χ2v) is 6.86. The van der Waals surface area contributed by atoms with Crippen LogP contribution in [0.3, 0.4) is 0 Å². The summed E-state index contributed by atoms with van der Waals surface area (Å²) in [6.45, 7) is 13.2.